The Morgan fingerprint density at radius 3 is 2.77 bits per heavy atom. The van der Waals surface area contributed by atoms with Crippen LogP contribution in [0.2, 0.25) is 0 Å². The van der Waals surface area contributed by atoms with Crippen LogP contribution < -0.4 is 5.32 Å². The van der Waals surface area contributed by atoms with Crippen LogP contribution >= 0.6 is 35.0 Å². The number of rotatable bonds is 0. The summed E-state index contributed by atoms with van der Waals surface area (Å²) in [6.07, 6.45) is 2.77. The Balaban J connectivity index is 0.000000653. The zero-order valence-corrected chi connectivity index (χ0v) is 10.1. The maximum absolute atomic E-state index is 3.49. The molecule has 1 aromatic rings. The van der Waals surface area contributed by atoms with Crippen molar-refractivity contribution >= 4 is 40.7 Å². The van der Waals surface area contributed by atoms with Crippen molar-refractivity contribution in [3.8, 4) is 0 Å². The van der Waals surface area contributed by atoms with Crippen molar-refractivity contribution < 1.29 is 0 Å². The first kappa shape index (κ1) is 9.59. The van der Waals surface area contributed by atoms with Crippen molar-refractivity contribution in [2.45, 2.75) is 18.3 Å². The first-order valence-corrected chi connectivity index (χ1v) is 5.42. The predicted octanol–water partition coefficient (Wildman–Crippen LogP) is 3.17. The van der Waals surface area contributed by atoms with Crippen LogP contribution in [-0.2, 0) is 5.41 Å². The highest BCUT2D eigenvalue weighted by molar-refractivity contribution is 14.1. The summed E-state index contributed by atoms with van der Waals surface area (Å²) < 4.78 is 1.33. The molecule has 0 bridgehead atoms. The summed E-state index contributed by atoms with van der Waals surface area (Å²) in [7, 11) is 0. The zero-order chi connectivity index (χ0) is 8.18. The molecular formula is C10H11ClIN. The maximum atomic E-state index is 3.49. The van der Waals surface area contributed by atoms with Crippen molar-refractivity contribution in [1.82, 2.24) is 0 Å². The van der Waals surface area contributed by atoms with E-state index in [1.54, 1.807) is 5.56 Å². The molecule has 1 spiro atoms. The normalized spacial score (nSPS) is 20.4. The predicted molar refractivity (Wildman–Crippen MR) is 65.8 cm³/mol. The van der Waals surface area contributed by atoms with E-state index in [0.29, 0.717) is 5.41 Å². The Labute approximate surface area is 97.8 Å². The third-order valence-corrected chi connectivity index (χ3v) is 3.69. The molecule has 0 aromatic heterocycles. The lowest BCUT2D eigenvalue weighted by atomic mass is 9.99. The summed E-state index contributed by atoms with van der Waals surface area (Å²) in [6, 6.07) is 6.76. The number of anilines is 1. The van der Waals surface area contributed by atoms with Crippen molar-refractivity contribution in [2.24, 2.45) is 0 Å². The summed E-state index contributed by atoms with van der Waals surface area (Å²) in [5.41, 5.74) is 3.49. The smallest absolute Gasteiger partial charge is 0.0390 e. The minimum Gasteiger partial charge on any atom is -0.384 e. The van der Waals surface area contributed by atoms with Gasteiger partial charge >= 0.3 is 0 Å². The van der Waals surface area contributed by atoms with E-state index in [4.69, 9.17) is 0 Å². The Morgan fingerprint density at radius 1 is 1.31 bits per heavy atom. The van der Waals surface area contributed by atoms with Crippen molar-refractivity contribution in [2.75, 3.05) is 11.9 Å². The van der Waals surface area contributed by atoms with Crippen LogP contribution in [0.15, 0.2) is 18.2 Å². The third kappa shape index (κ3) is 1.34. The molecule has 3 rings (SSSR count). The maximum Gasteiger partial charge on any atom is 0.0390 e. The molecule has 1 N–H and O–H groups in total. The number of hydrogen-bond acceptors (Lipinski definition) is 1. The quantitative estimate of drug-likeness (QED) is 0.726. The van der Waals surface area contributed by atoms with Gasteiger partial charge in [0.05, 0.1) is 0 Å². The highest BCUT2D eigenvalue weighted by atomic mass is 127. The molecular weight excluding hydrogens is 296 g/mol. The lowest BCUT2D eigenvalue weighted by Gasteiger charge is -2.04. The van der Waals surface area contributed by atoms with Gasteiger partial charge in [-0.3, -0.25) is 0 Å². The number of benzene rings is 1. The second-order valence-corrected chi connectivity index (χ2v) is 5.07. The van der Waals surface area contributed by atoms with E-state index in [-0.39, 0.29) is 12.4 Å². The van der Waals surface area contributed by atoms with Crippen LogP contribution in [-0.4, -0.2) is 6.54 Å². The van der Waals surface area contributed by atoms with Crippen LogP contribution in [0.4, 0.5) is 5.69 Å². The molecule has 1 aromatic carbocycles. The van der Waals surface area contributed by atoms with Gasteiger partial charge in [0.2, 0.25) is 0 Å². The summed E-state index contributed by atoms with van der Waals surface area (Å²) >= 11 is 2.37. The molecule has 0 amide bonds. The molecule has 0 atom stereocenters. The van der Waals surface area contributed by atoms with Gasteiger partial charge in [0.1, 0.15) is 0 Å². The number of hydrogen-bond donors (Lipinski definition) is 1. The SMILES string of the molecule is Cl.Ic1ccc2c(c1)NCC21CC1. The molecule has 1 heterocycles. The van der Waals surface area contributed by atoms with Crippen LogP contribution in [0.5, 0.6) is 0 Å². The van der Waals surface area contributed by atoms with Crippen molar-refractivity contribution in [1.29, 1.82) is 0 Å². The molecule has 1 fully saturated rings. The monoisotopic (exact) mass is 307 g/mol. The summed E-state index contributed by atoms with van der Waals surface area (Å²) in [4.78, 5) is 0. The van der Waals surface area contributed by atoms with Gasteiger partial charge in [0, 0.05) is 21.2 Å². The minimum atomic E-state index is 0. The molecule has 1 aliphatic heterocycles. The van der Waals surface area contributed by atoms with Crippen LogP contribution in [0, 0.1) is 3.57 Å². The van der Waals surface area contributed by atoms with Crippen molar-refractivity contribution in [3.05, 3.63) is 27.3 Å². The molecule has 1 aliphatic carbocycles. The van der Waals surface area contributed by atoms with E-state index in [0.717, 1.165) is 0 Å². The van der Waals surface area contributed by atoms with Gasteiger partial charge in [-0.15, -0.1) is 12.4 Å². The van der Waals surface area contributed by atoms with Gasteiger partial charge in [0.25, 0.3) is 0 Å². The second kappa shape index (κ2) is 3.02. The van der Waals surface area contributed by atoms with Gasteiger partial charge in [0.15, 0.2) is 0 Å². The average molecular weight is 308 g/mol. The average Bonchev–Trinajstić information content (AvgIpc) is 2.73. The van der Waals surface area contributed by atoms with E-state index in [9.17, 15) is 0 Å². The van der Waals surface area contributed by atoms with E-state index < -0.39 is 0 Å². The zero-order valence-electron chi connectivity index (χ0n) is 7.14. The van der Waals surface area contributed by atoms with E-state index in [1.165, 1.54) is 28.6 Å². The first-order valence-electron chi connectivity index (χ1n) is 4.34. The minimum absolute atomic E-state index is 0. The number of halogens is 2. The highest BCUT2D eigenvalue weighted by Gasteiger charge is 2.48. The molecule has 0 saturated heterocycles. The molecule has 13 heavy (non-hydrogen) atoms. The molecule has 70 valence electrons. The van der Waals surface area contributed by atoms with Crippen LogP contribution in [0.3, 0.4) is 0 Å². The number of nitrogens with one attached hydrogen (secondary N) is 1. The molecule has 2 aliphatic rings. The van der Waals surface area contributed by atoms with E-state index >= 15 is 0 Å². The largest absolute Gasteiger partial charge is 0.384 e. The van der Waals surface area contributed by atoms with Crippen LogP contribution in [0.25, 0.3) is 0 Å². The fraction of sp³-hybridized carbons (Fsp3) is 0.400. The lowest BCUT2D eigenvalue weighted by molar-refractivity contribution is 0.778. The standard InChI is InChI=1S/C10H10IN.ClH/c11-7-1-2-8-9(5-7)12-6-10(8)3-4-10;/h1-2,5,12H,3-4,6H2;1H. The Kier molecular flexibility index (Phi) is 2.23. The van der Waals surface area contributed by atoms with Gasteiger partial charge in [-0.25, -0.2) is 0 Å². The molecule has 3 heteroatoms. The molecule has 0 unspecified atom stereocenters. The van der Waals surface area contributed by atoms with Gasteiger partial charge in [-0.1, -0.05) is 6.07 Å². The van der Waals surface area contributed by atoms with Crippen molar-refractivity contribution in [3.63, 3.8) is 0 Å². The Bertz CT molecular complexity index is 347. The van der Waals surface area contributed by atoms with E-state index in [1.807, 2.05) is 0 Å². The molecule has 1 saturated carbocycles. The van der Waals surface area contributed by atoms with Crippen LogP contribution in [0.1, 0.15) is 18.4 Å². The third-order valence-electron chi connectivity index (χ3n) is 3.02. The lowest BCUT2D eigenvalue weighted by Crippen LogP contribution is -2.07. The Hall–Kier alpha value is 0.0400. The van der Waals surface area contributed by atoms with Gasteiger partial charge < -0.3 is 5.32 Å². The topological polar surface area (TPSA) is 12.0 Å². The Morgan fingerprint density at radius 2 is 2.08 bits per heavy atom. The summed E-state index contributed by atoms with van der Waals surface area (Å²) in [5, 5.41) is 3.49. The second-order valence-electron chi connectivity index (χ2n) is 3.82. The summed E-state index contributed by atoms with van der Waals surface area (Å²) in [6.45, 7) is 1.17. The first-order chi connectivity index (χ1) is 5.80. The molecule has 0 radical (unpaired) electrons. The number of fused-ring (bicyclic) bond motifs is 2. The fourth-order valence-electron chi connectivity index (χ4n) is 2.08. The molecule has 1 nitrogen and oxygen atoms in total. The van der Waals surface area contributed by atoms with Gasteiger partial charge in [-0.2, -0.15) is 0 Å². The van der Waals surface area contributed by atoms with Gasteiger partial charge in [-0.05, 0) is 53.1 Å². The highest BCUT2D eigenvalue weighted by Crippen LogP contribution is 2.54. The fourth-order valence-corrected chi connectivity index (χ4v) is 2.57. The summed E-state index contributed by atoms with van der Waals surface area (Å²) in [5.74, 6) is 0. The van der Waals surface area contributed by atoms with E-state index in [2.05, 4.69) is 46.1 Å².